The van der Waals surface area contributed by atoms with Crippen LogP contribution in [0.4, 0.5) is 18.9 Å². The van der Waals surface area contributed by atoms with E-state index in [4.69, 9.17) is 26.5 Å². The largest absolute Gasteiger partial charge is 0.496 e. The second-order valence-electron chi connectivity index (χ2n) is 5.20. The molecule has 0 bridgehead atoms. The van der Waals surface area contributed by atoms with E-state index >= 15 is 0 Å². The Bertz CT molecular complexity index is 1010. The predicted octanol–water partition coefficient (Wildman–Crippen LogP) is 3.76. The molecule has 0 saturated carbocycles. The van der Waals surface area contributed by atoms with E-state index in [1.807, 2.05) is 0 Å². The van der Waals surface area contributed by atoms with Crippen molar-refractivity contribution in [2.24, 2.45) is 0 Å². The van der Waals surface area contributed by atoms with Crippen LogP contribution in [0.25, 0.3) is 17.1 Å². The summed E-state index contributed by atoms with van der Waals surface area (Å²) in [7, 11) is 1.39. The Morgan fingerprint density at radius 1 is 1.23 bits per heavy atom. The average Bonchev–Trinajstić information content (AvgIpc) is 2.98. The summed E-state index contributed by atoms with van der Waals surface area (Å²) >= 11 is 5.97. The number of benzene rings is 2. The van der Waals surface area contributed by atoms with Crippen molar-refractivity contribution < 1.29 is 22.3 Å². The molecular formula is C16H11ClF3N3O3. The normalized spacial score (nSPS) is 11.6. The second-order valence-corrected chi connectivity index (χ2v) is 5.61. The molecule has 0 aliphatic heterocycles. The lowest BCUT2D eigenvalue weighted by Gasteiger charge is -2.08. The quantitative estimate of drug-likeness (QED) is 0.694. The lowest BCUT2D eigenvalue weighted by atomic mass is 10.2. The Morgan fingerprint density at radius 3 is 2.46 bits per heavy atom. The van der Waals surface area contributed by atoms with Gasteiger partial charge in [-0.2, -0.15) is 17.9 Å². The third kappa shape index (κ3) is 3.25. The molecule has 0 amide bonds. The number of nitrogen functional groups attached to an aromatic ring is 1. The number of rotatable bonds is 3. The maximum absolute atomic E-state index is 12.6. The molecule has 0 unspecified atom stereocenters. The molecule has 1 heterocycles. The van der Waals surface area contributed by atoms with Crippen molar-refractivity contribution in [3.63, 3.8) is 0 Å². The minimum absolute atomic E-state index is 0.110. The van der Waals surface area contributed by atoms with Gasteiger partial charge in [0.2, 0.25) is 0 Å². The summed E-state index contributed by atoms with van der Waals surface area (Å²) in [5.74, 6) is -0.726. The molecule has 0 saturated heterocycles. The first-order valence-corrected chi connectivity index (χ1v) is 7.49. The highest BCUT2D eigenvalue weighted by Gasteiger charge is 2.30. The van der Waals surface area contributed by atoms with Gasteiger partial charge < -0.3 is 14.9 Å². The molecule has 2 aromatic carbocycles. The molecule has 0 radical (unpaired) electrons. The van der Waals surface area contributed by atoms with Crippen LogP contribution in [0.2, 0.25) is 5.02 Å². The number of hydrogen-bond donors (Lipinski definition) is 1. The van der Waals surface area contributed by atoms with Gasteiger partial charge in [0, 0.05) is 6.07 Å². The van der Waals surface area contributed by atoms with Gasteiger partial charge in [0.25, 0.3) is 5.89 Å². The predicted molar refractivity (Wildman–Crippen MR) is 88.5 cm³/mol. The minimum atomic E-state index is -4.48. The van der Waals surface area contributed by atoms with Crippen LogP contribution in [0.1, 0.15) is 5.56 Å². The van der Waals surface area contributed by atoms with Crippen molar-refractivity contribution in [1.82, 2.24) is 9.78 Å². The number of nitrogens with zero attached hydrogens (tertiary/aromatic N) is 2. The van der Waals surface area contributed by atoms with E-state index in [-0.39, 0.29) is 33.6 Å². The highest BCUT2D eigenvalue weighted by molar-refractivity contribution is 6.33. The summed E-state index contributed by atoms with van der Waals surface area (Å²) < 4.78 is 49.0. The topological polar surface area (TPSA) is 83.3 Å². The third-order valence-corrected chi connectivity index (χ3v) is 3.86. The van der Waals surface area contributed by atoms with Crippen molar-refractivity contribution in [3.8, 4) is 22.9 Å². The molecule has 10 heteroatoms. The number of hydrogen-bond acceptors (Lipinski definition) is 5. The minimum Gasteiger partial charge on any atom is -0.496 e. The fraction of sp³-hybridized carbons (Fsp3) is 0.125. The van der Waals surface area contributed by atoms with Gasteiger partial charge in [-0.05, 0) is 30.3 Å². The SMILES string of the molecule is COc1cc(N)c(Cl)cc1-c1nn(-c2ccc(C(F)(F)F)cc2)c(=O)o1. The number of anilines is 1. The molecule has 0 spiro atoms. The van der Waals surface area contributed by atoms with Crippen LogP contribution in [-0.2, 0) is 6.18 Å². The Labute approximate surface area is 149 Å². The first-order valence-electron chi connectivity index (χ1n) is 7.12. The average molecular weight is 386 g/mol. The molecular weight excluding hydrogens is 375 g/mol. The van der Waals surface area contributed by atoms with E-state index in [1.165, 1.54) is 19.2 Å². The first-order chi connectivity index (χ1) is 12.2. The first kappa shape index (κ1) is 17.9. The summed E-state index contributed by atoms with van der Waals surface area (Å²) in [5, 5.41) is 4.20. The van der Waals surface area contributed by atoms with Gasteiger partial charge in [-0.1, -0.05) is 11.6 Å². The summed E-state index contributed by atoms with van der Waals surface area (Å²) in [6.07, 6.45) is -4.48. The molecule has 3 aromatic rings. The number of aromatic nitrogens is 2. The fourth-order valence-electron chi connectivity index (χ4n) is 2.25. The highest BCUT2D eigenvalue weighted by atomic mass is 35.5. The van der Waals surface area contributed by atoms with E-state index in [0.29, 0.717) is 0 Å². The zero-order chi connectivity index (χ0) is 19.1. The Balaban J connectivity index is 2.06. The molecule has 0 atom stereocenters. The van der Waals surface area contributed by atoms with E-state index < -0.39 is 17.5 Å². The van der Waals surface area contributed by atoms with Crippen LogP contribution in [0.3, 0.4) is 0 Å². The van der Waals surface area contributed by atoms with Crippen molar-refractivity contribution in [1.29, 1.82) is 0 Å². The Kier molecular flexibility index (Phi) is 4.41. The zero-order valence-corrected chi connectivity index (χ0v) is 13.9. The monoisotopic (exact) mass is 385 g/mol. The van der Waals surface area contributed by atoms with Crippen LogP contribution in [-0.4, -0.2) is 16.9 Å². The molecule has 0 fully saturated rings. The summed E-state index contributed by atoms with van der Waals surface area (Å²) in [6.45, 7) is 0. The maximum Gasteiger partial charge on any atom is 0.442 e. The summed E-state index contributed by atoms with van der Waals surface area (Å²) in [6, 6.07) is 6.77. The number of methoxy groups -OCH3 is 1. The lowest BCUT2D eigenvalue weighted by molar-refractivity contribution is -0.137. The number of ether oxygens (including phenoxy) is 1. The van der Waals surface area contributed by atoms with Crippen LogP contribution in [0.15, 0.2) is 45.6 Å². The van der Waals surface area contributed by atoms with Gasteiger partial charge in [0.05, 0.1) is 34.6 Å². The van der Waals surface area contributed by atoms with E-state index in [1.54, 1.807) is 0 Å². The smallest absolute Gasteiger partial charge is 0.442 e. The molecule has 136 valence electrons. The molecule has 2 N–H and O–H groups in total. The van der Waals surface area contributed by atoms with Gasteiger partial charge in [-0.25, -0.2) is 4.79 Å². The molecule has 0 aliphatic rings. The zero-order valence-electron chi connectivity index (χ0n) is 13.2. The van der Waals surface area contributed by atoms with Gasteiger partial charge in [-0.3, -0.25) is 0 Å². The Hall–Kier alpha value is -2.94. The number of halogens is 4. The van der Waals surface area contributed by atoms with Gasteiger partial charge in [0.15, 0.2) is 0 Å². The number of nitrogens with two attached hydrogens (primary N) is 1. The lowest BCUT2D eigenvalue weighted by Crippen LogP contribution is -2.14. The molecule has 3 rings (SSSR count). The van der Waals surface area contributed by atoms with Crippen molar-refractivity contribution >= 4 is 17.3 Å². The third-order valence-electron chi connectivity index (χ3n) is 3.54. The van der Waals surface area contributed by atoms with Crippen molar-refractivity contribution in [2.75, 3.05) is 12.8 Å². The summed E-state index contributed by atoms with van der Waals surface area (Å²) in [5.41, 5.74) is 5.50. The van der Waals surface area contributed by atoms with E-state index in [0.717, 1.165) is 28.9 Å². The fourth-order valence-corrected chi connectivity index (χ4v) is 2.41. The Morgan fingerprint density at radius 2 is 1.88 bits per heavy atom. The van der Waals surface area contributed by atoms with Crippen LogP contribution < -0.4 is 16.2 Å². The highest BCUT2D eigenvalue weighted by Crippen LogP contribution is 2.35. The maximum atomic E-state index is 12.6. The number of alkyl halides is 3. The molecule has 0 aliphatic carbocycles. The van der Waals surface area contributed by atoms with Gasteiger partial charge in [-0.15, -0.1) is 5.10 Å². The van der Waals surface area contributed by atoms with Gasteiger partial charge >= 0.3 is 11.9 Å². The van der Waals surface area contributed by atoms with Crippen LogP contribution in [0, 0.1) is 0 Å². The van der Waals surface area contributed by atoms with Crippen LogP contribution >= 0.6 is 11.6 Å². The molecule has 6 nitrogen and oxygen atoms in total. The van der Waals surface area contributed by atoms with E-state index in [9.17, 15) is 18.0 Å². The standard InChI is InChI=1S/C16H11ClF3N3O3/c1-25-13-7-12(21)11(17)6-10(13)14-22-23(15(24)26-14)9-4-2-8(3-5-9)16(18,19)20/h2-7H,21H2,1H3. The second kappa shape index (κ2) is 6.41. The van der Waals surface area contributed by atoms with Crippen LogP contribution in [0.5, 0.6) is 5.75 Å². The van der Waals surface area contributed by atoms with E-state index in [2.05, 4.69) is 5.10 Å². The molecule has 1 aromatic heterocycles. The summed E-state index contributed by atoms with van der Waals surface area (Å²) in [4.78, 5) is 12.1. The van der Waals surface area contributed by atoms with Crippen molar-refractivity contribution in [2.45, 2.75) is 6.18 Å². The molecule has 26 heavy (non-hydrogen) atoms. The van der Waals surface area contributed by atoms with Gasteiger partial charge in [0.1, 0.15) is 5.75 Å². The van der Waals surface area contributed by atoms with Crippen molar-refractivity contribution in [3.05, 3.63) is 57.5 Å².